The van der Waals surface area contributed by atoms with Gasteiger partial charge in [-0.1, -0.05) is 30.3 Å². The molecule has 0 amide bonds. The number of hydrogen-bond acceptors (Lipinski definition) is 4. The maximum Gasteiger partial charge on any atom is 0.160 e. The van der Waals surface area contributed by atoms with E-state index in [1.807, 2.05) is 36.6 Å². The number of piperidine rings is 1. The van der Waals surface area contributed by atoms with Crippen LogP contribution in [0, 0.1) is 26.7 Å². The van der Waals surface area contributed by atoms with E-state index >= 15 is 0 Å². The Hall–Kier alpha value is -2.40. The highest BCUT2D eigenvalue weighted by atomic mass is 16.3. The topological polar surface area (TPSA) is 53.7 Å². The molecule has 142 valence electrons. The summed E-state index contributed by atoms with van der Waals surface area (Å²) in [5, 5.41) is 15.4. The molecule has 3 heterocycles. The summed E-state index contributed by atoms with van der Waals surface area (Å²) in [5.74, 6) is 1.46. The highest BCUT2D eigenvalue weighted by molar-refractivity contribution is 5.57. The van der Waals surface area contributed by atoms with Crippen molar-refractivity contribution in [2.45, 2.75) is 46.1 Å². The molecule has 0 aliphatic carbocycles. The van der Waals surface area contributed by atoms with Crippen LogP contribution >= 0.6 is 0 Å². The zero-order valence-electron chi connectivity index (χ0n) is 16.4. The quantitative estimate of drug-likeness (QED) is 0.770. The fourth-order valence-corrected chi connectivity index (χ4v) is 4.09. The third-order valence-corrected chi connectivity index (χ3v) is 5.86. The molecule has 3 aromatic rings. The molecule has 2 aromatic heterocycles. The predicted molar refractivity (Wildman–Crippen MR) is 108 cm³/mol. The van der Waals surface area contributed by atoms with Crippen LogP contribution in [0.15, 0.2) is 36.4 Å². The lowest BCUT2D eigenvalue weighted by Gasteiger charge is -2.35. The van der Waals surface area contributed by atoms with Gasteiger partial charge in [0, 0.05) is 30.4 Å². The Kier molecular flexibility index (Phi) is 4.87. The zero-order valence-corrected chi connectivity index (χ0v) is 16.4. The number of benzene rings is 1. The monoisotopic (exact) mass is 364 g/mol. The van der Waals surface area contributed by atoms with Gasteiger partial charge in [0.2, 0.25) is 0 Å². The van der Waals surface area contributed by atoms with Crippen molar-refractivity contribution in [1.82, 2.24) is 14.6 Å². The van der Waals surface area contributed by atoms with Crippen LogP contribution in [0.25, 0.3) is 5.65 Å². The van der Waals surface area contributed by atoms with Crippen molar-refractivity contribution in [3.8, 4) is 0 Å². The molecule has 1 aliphatic heterocycles. The summed E-state index contributed by atoms with van der Waals surface area (Å²) in [6, 6.07) is 12.4. The molecule has 1 N–H and O–H groups in total. The number of aliphatic hydroxyl groups is 1. The number of fused-ring (bicyclic) bond motifs is 1. The van der Waals surface area contributed by atoms with Crippen molar-refractivity contribution in [1.29, 1.82) is 0 Å². The van der Waals surface area contributed by atoms with Gasteiger partial charge in [-0.25, -0.2) is 4.98 Å². The number of anilines is 1. The second-order valence-electron chi connectivity index (χ2n) is 7.78. The van der Waals surface area contributed by atoms with Gasteiger partial charge in [-0.2, -0.15) is 9.61 Å². The van der Waals surface area contributed by atoms with E-state index < -0.39 is 0 Å². The molecule has 1 aromatic carbocycles. The minimum Gasteiger partial charge on any atom is -0.392 e. The van der Waals surface area contributed by atoms with Gasteiger partial charge in [0.25, 0.3) is 0 Å². The fourth-order valence-electron chi connectivity index (χ4n) is 4.09. The molecule has 1 aliphatic rings. The SMILES string of the molecule is Cc1cc(N2CCC([C@H](O)Cc3ccccc3)CC2)n2nc(C)c(C)c2n1. The summed E-state index contributed by atoms with van der Waals surface area (Å²) in [6.45, 7) is 8.04. The fraction of sp³-hybridized carbons (Fsp3) is 0.455. The molecule has 0 unspecified atom stereocenters. The molecule has 4 rings (SSSR count). The number of aromatic nitrogens is 3. The first-order valence-corrected chi connectivity index (χ1v) is 9.83. The molecule has 27 heavy (non-hydrogen) atoms. The highest BCUT2D eigenvalue weighted by Gasteiger charge is 2.27. The van der Waals surface area contributed by atoms with Gasteiger partial charge in [-0.15, -0.1) is 0 Å². The van der Waals surface area contributed by atoms with E-state index in [-0.39, 0.29) is 6.10 Å². The molecular formula is C22H28N4O. The van der Waals surface area contributed by atoms with E-state index in [2.05, 4.69) is 35.0 Å². The molecule has 1 fully saturated rings. The van der Waals surface area contributed by atoms with Gasteiger partial charge in [0.15, 0.2) is 5.65 Å². The van der Waals surface area contributed by atoms with Crippen LogP contribution in [-0.2, 0) is 6.42 Å². The van der Waals surface area contributed by atoms with E-state index in [0.717, 1.165) is 60.8 Å². The van der Waals surface area contributed by atoms with E-state index in [0.29, 0.717) is 5.92 Å². The van der Waals surface area contributed by atoms with Crippen LogP contribution in [0.1, 0.15) is 35.4 Å². The normalized spacial score (nSPS) is 16.8. The maximum atomic E-state index is 10.7. The maximum absolute atomic E-state index is 10.7. The molecule has 1 saturated heterocycles. The molecule has 1 atom stereocenters. The van der Waals surface area contributed by atoms with Crippen molar-refractivity contribution >= 4 is 11.5 Å². The second kappa shape index (κ2) is 7.31. The summed E-state index contributed by atoms with van der Waals surface area (Å²) < 4.78 is 1.98. The average Bonchev–Trinajstić information content (AvgIpc) is 2.96. The molecule has 0 bridgehead atoms. The van der Waals surface area contributed by atoms with E-state index in [1.165, 1.54) is 5.56 Å². The Labute approximate surface area is 160 Å². The van der Waals surface area contributed by atoms with Crippen molar-refractivity contribution in [2.24, 2.45) is 5.92 Å². The molecule has 0 spiro atoms. The van der Waals surface area contributed by atoms with E-state index in [4.69, 9.17) is 5.10 Å². The number of aryl methyl sites for hydroxylation is 3. The lowest BCUT2D eigenvalue weighted by atomic mass is 9.88. The van der Waals surface area contributed by atoms with E-state index in [1.54, 1.807) is 0 Å². The first-order chi connectivity index (χ1) is 13.0. The molecular weight excluding hydrogens is 336 g/mol. The van der Waals surface area contributed by atoms with Crippen molar-refractivity contribution in [3.05, 3.63) is 58.9 Å². The molecule has 0 saturated carbocycles. The highest BCUT2D eigenvalue weighted by Crippen LogP contribution is 2.28. The molecule has 5 heteroatoms. The van der Waals surface area contributed by atoms with Gasteiger partial charge < -0.3 is 10.0 Å². The minimum atomic E-state index is -0.275. The van der Waals surface area contributed by atoms with Crippen molar-refractivity contribution in [3.63, 3.8) is 0 Å². The second-order valence-corrected chi connectivity index (χ2v) is 7.78. The summed E-state index contributed by atoms with van der Waals surface area (Å²) >= 11 is 0. The summed E-state index contributed by atoms with van der Waals surface area (Å²) in [4.78, 5) is 7.06. The van der Waals surface area contributed by atoms with Crippen LogP contribution in [0.5, 0.6) is 0 Å². The van der Waals surface area contributed by atoms with Crippen LogP contribution in [0.4, 0.5) is 5.82 Å². The third kappa shape index (κ3) is 3.56. The Morgan fingerprint density at radius 2 is 1.81 bits per heavy atom. The number of nitrogens with zero attached hydrogens (tertiary/aromatic N) is 4. The van der Waals surface area contributed by atoms with Gasteiger partial charge >= 0.3 is 0 Å². The standard InChI is InChI=1S/C22H28N4O/c1-15-13-21(26-22(23-15)16(2)17(3)24-26)25-11-9-19(10-12-25)20(27)14-18-7-5-4-6-8-18/h4-8,13,19-20,27H,9-12,14H2,1-3H3/t20-/m1/s1. The molecule has 5 nitrogen and oxygen atoms in total. The van der Waals surface area contributed by atoms with Crippen LogP contribution in [0.3, 0.4) is 0 Å². The van der Waals surface area contributed by atoms with Crippen LogP contribution < -0.4 is 4.90 Å². The predicted octanol–water partition coefficient (Wildman–Crippen LogP) is 3.47. The Bertz CT molecular complexity index is 926. The van der Waals surface area contributed by atoms with Gasteiger partial charge in [0.05, 0.1) is 11.8 Å². The average molecular weight is 364 g/mol. The summed E-state index contributed by atoms with van der Waals surface area (Å²) in [7, 11) is 0. The van der Waals surface area contributed by atoms with Gasteiger partial charge in [-0.3, -0.25) is 0 Å². The minimum absolute atomic E-state index is 0.275. The Balaban J connectivity index is 1.48. The lowest BCUT2D eigenvalue weighted by molar-refractivity contribution is 0.0928. The lowest BCUT2D eigenvalue weighted by Crippen LogP contribution is -2.39. The largest absolute Gasteiger partial charge is 0.392 e. The zero-order chi connectivity index (χ0) is 19.0. The Morgan fingerprint density at radius 1 is 1.11 bits per heavy atom. The Morgan fingerprint density at radius 3 is 2.52 bits per heavy atom. The van der Waals surface area contributed by atoms with E-state index in [9.17, 15) is 5.11 Å². The smallest absolute Gasteiger partial charge is 0.160 e. The summed E-state index contributed by atoms with van der Waals surface area (Å²) in [5.41, 5.74) is 5.36. The summed E-state index contributed by atoms with van der Waals surface area (Å²) in [6.07, 6.45) is 2.45. The van der Waals surface area contributed by atoms with Crippen LogP contribution in [0.2, 0.25) is 0 Å². The molecule has 0 radical (unpaired) electrons. The van der Waals surface area contributed by atoms with Crippen LogP contribution in [-0.4, -0.2) is 38.9 Å². The third-order valence-electron chi connectivity index (χ3n) is 5.86. The number of aliphatic hydroxyl groups excluding tert-OH is 1. The first-order valence-electron chi connectivity index (χ1n) is 9.83. The van der Waals surface area contributed by atoms with Gasteiger partial charge in [0.1, 0.15) is 5.82 Å². The van der Waals surface area contributed by atoms with Gasteiger partial charge in [-0.05, 0) is 51.5 Å². The first kappa shape index (κ1) is 18.0. The number of hydrogen-bond donors (Lipinski definition) is 1. The number of rotatable bonds is 4. The van der Waals surface area contributed by atoms with Crippen molar-refractivity contribution in [2.75, 3.05) is 18.0 Å². The van der Waals surface area contributed by atoms with Crippen molar-refractivity contribution < 1.29 is 5.11 Å².